The van der Waals surface area contributed by atoms with Crippen LogP contribution in [0, 0.1) is 0 Å². The number of hydrogen-bond donors (Lipinski definition) is 1. The Labute approximate surface area is 174 Å². The minimum atomic E-state index is -3.59. The second-order valence-electron chi connectivity index (χ2n) is 6.83. The zero-order valence-corrected chi connectivity index (χ0v) is 17.6. The molecule has 0 fully saturated rings. The first kappa shape index (κ1) is 19.6. The van der Waals surface area contributed by atoms with Gasteiger partial charge in [-0.1, -0.05) is 41.9 Å². The Morgan fingerprint density at radius 1 is 1.04 bits per heavy atom. The molecule has 4 nitrogen and oxygen atoms in total. The van der Waals surface area contributed by atoms with Crippen molar-refractivity contribution < 1.29 is 8.42 Å². The van der Waals surface area contributed by atoms with E-state index in [9.17, 15) is 8.42 Å². The minimum Gasteiger partial charge on any atom is -0.290 e. The maximum absolute atomic E-state index is 12.7. The van der Waals surface area contributed by atoms with Crippen LogP contribution in [0.5, 0.6) is 0 Å². The van der Waals surface area contributed by atoms with Crippen LogP contribution in [0.1, 0.15) is 22.0 Å². The van der Waals surface area contributed by atoms with Gasteiger partial charge in [-0.3, -0.25) is 4.90 Å². The van der Waals surface area contributed by atoms with Gasteiger partial charge in [0.2, 0.25) is 10.0 Å². The molecule has 28 heavy (non-hydrogen) atoms. The van der Waals surface area contributed by atoms with Crippen LogP contribution in [-0.4, -0.2) is 26.4 Å². The number of sulfonamides is 1. The van der Waals surface area contributed by atoms with E-state index in [1.807, 2.05) is 11.4 Å². The molecule has 0 aliphatic carbocycles. The predicted octanol–water partition coefficient (Wildman–Crippen LogP) is 4.48. The van der Waals surface area contributed by atoms with Crippen molar-refractivity contribution in [2.75, 3.05) is 13.1 Å². The third-order valence-electron chi connectivity index (χ3n) is 5.06. The van der Waals surface area contributed by atoms with Crippen molar-refractivity contribution in [3.8, 4) is 0 Å². The van der Waals surface area contributed by atoms with E-state index in [0.29, 0.717) is 11.6 Å². The molecular weight excluding hydrogens is 412 g/mol. The second kappa shape index (κ2) is 8.35. The van der Waals surface area contributed by atoms with Crippen molar-refractivity contribution in [2.45, 2.75) is 23.9 Å². The molecular formula is C21H21ClN2O2S2. The van der Waals surface area contributed by atoms with E-state index in [1.165, 1.54) is 23.3 Å². The lowest BCUT2D eigenvalue weighted by Crippen LogP contribution is -2.40. The molecule has 1 aliphatic heterocycles. The van der Waals surface area contributed by atoms with E-state index < -0.39 is 10.0 Å². The number of hydrogen-bond acceptors (Lipinski definition) is 4. The van der Waals surface area contributed by atoms with E-state index in [-0.39, 0.29) is 10.9 Å². The molecule has 2 aromatic carbocycles. The van der Waals surface area contributed by atoms with Crippen molar-refractivity contribution in [1.82, 2.24) is 9.62 Å². The molecule has 1 atom stereocenters. The van der Waals surface area contributed by atoms with Gasteiger partial charge in [0, 0.05) is 29.5 Å². The zero-order chi connectivity index (χ0) is 19.6. The van der Waals surface area contributed by atoms with E-state index >= 15 is 0 Å². The SMILES string of the molecule is O=S(=O)(NCC(c1cccs1)N1CCc2ccccc2C1)c1ccc(Cl)cc1. The number of thiophene rings is 1. The van der Waals surface area contributed by atoms with E-state index in [1.54, 1.807) is 23.5 Å². The Kier molecular flexibility index (Phi) is 5.85. The first-order chi connectivity index (χ1) is 13.5. The Bertz CT molecular complexity index is 1030. The van der Waals surface area contributed by atoms with Gasteiger partial charge in [0.15, 0.2) is 0 Å². The summed E-state index contributed by atoms with van der Waals surface area (Å²) in [6.45, 7) is 2.05. The van der Waals surface area contributed by atoms with Crippen LogP contribution >= 0.6 is 22.9 Å². The predicted molar refractivity (Wildman–Crippen MR) is 114 cm³/mol. The number of benzene rings is 2. The van der Waals surface area contributed by atoms with Crippen molar-refractivity contribution in [2.24, 2.45) is 0 Å². The van der Waals surface area contributed by atoms with Crippen LogP contribution in [0.15, 0.2) is 70.9 Å². The van der Waals surface area contributed by atoms with Gasteiger partial charge >= 0.3 is 0 Å². The molecule has 0 spiro atoms. The summed E-state index contributed by atoms with van der Waals surface area (Å²) in [5, 5.41) is 2.55. The first-order valence-corrected chi connectivity index (χ1v) is 11.9. The molecule has 4 rings (SSSR count). The summed E-state index contributed by atoms with van der Waals surface area (Å²) in [6, 6.07) is 18.8. The highest BCUT2D eigenvalue weighted by atomic mass is 35.5. The lowest BCUT2D eigenvalue weighted by Gasteiger charge is -2.35. The van der Waals surface area contributed by atoms with Gasteiger partial charge in [0.1, 0.15) is 0 Å². The fraction of sp³-hybridized carbons (Fsp3) is 0.238. The van der Waals surface area contributed by atoms with Crippen molar-refractivity contribution in [3.05, 3.63) is 87.1 Å². The van der Waals surface area contributed by atoms with Gasteiger partial charge in [-0.25, -0.2) is 13.1 Å². The Morgan fingerprint density at radius 2 is 1.79 bits per heavy atom. The quantitative estimate of drug-likeness (QED) is 0.624. The maximum Gasteiger partial charge on any atom is 0.240 e. The Hall–Kier alpha value is -1.70. The fourth-order valence-corrected chi connectivity index (χ4v) is 5.59. The summed E-state index contributed by atoms with van der Waals surface area (Å²) in [6.07, 6.45) is 0.974. The van der Waals surface area contributed by atoms with Crippen LogP contribution in [0.2, 0.25) is 5.02 Å². The van der Waals surface area contributed by atoms with Crippen LogP contribution in [0.25, 0.3) is 0 Å². The highest BCUT2D eigenvalue weighted by molar-refractivity contribution is 7.89. The van der Waals surface area contributed by atoms with Gasteiger partial charge < -0.3 is 0 Å². The molecule has 0 saturated carbocycles. The largest absolute Gasteiger partial charge is 0.290 e. The van der Waals surface area contributed by atoms with E-state index in [0.717, 1.165) is 24.4 Å². The first-order valence-electron chi connectivity index (χ1n) is 9.12. The number of rotatable bonds is 6. The topological polar surface area (TPSA) is 49.4 Å². The molecule has 0 saturated heterocycles. The lowest BCUT2D eigenvalue weighted by atomic mass is 9.98. The summed E-state index contributed by atoms with van der Waals surface area (Å²) < 4.78 is 28.3. The molecule has 3 aromatic rings. The van der Waals surface area contributed by atoms with Gasteiger partial charge in [-0.2, -0.15) is 0 Å². The molecule has 1 N–H and O–H groups in total. The summed E-state index contributed by atoms with van der Waals surface area (Å²) in [5.41, 5.74) is 2.70. The van der Waals surface area contributed by atoms with Gasteiger partial charge in [-0.05, 0) is 53.3 Å². The highest BCUT2D eigenvalue weighted by Gasteiger charge is 2.27. The average molecular weight is 433 g/mol. The van der Waals surface area contributed by atoms with Crippen molar-refractivity contribution in [3.63, 3.8) is 0 Å². The van der Waals surface area contributed by atoms with Crippen LogP contribution in [0.4, 0.5) is 0 Å². The monoisotopic (exact) mass is 432 g/mol. The standard InChI is InChI=1S/C21H21ClN2O2S2/c22-18-7-9-19(10-8-18)28(25,26)23-14-20(21-6-3-13-27-21)24-12-11-16-4-1-2-5-17(16)15-24/h1-10,13,20,23H,11-12,14-15H2. The van der Waals surface area contributed by atoms with Crippen LogP contribution in [-0.2, 0) is 23.0 Å². The van der Waals surface area contributed by atoms with Crippen molar-refractivity contribution >= 4 is 33.0 Å². The summed E-state index contributed by atoms with van der Waals surface area (Å²) in [4.78, 5) is 3.75. The Morgan fingerprint density at radius 3 is 2.50 bits per heavy atom. The molecule has 0 amide bonds. The van der Waals surface area contributed by atoms with Crippen molar-refractivity contribution in [1.29, 1.82) is 0 Å². The average Bonchev–Trinajstić information content (AvgIpc) is 3.23. The molecule has 1 unspecified atom stereocenters. The van der Waals surface area contributed by atoms with E-state index in [2.05, 4.69) is 40.0 Å². The number of nitrogens with zero attached hydrogens (tertiary/aromatic N) is 1. The fourth-order valence-electron chi connectivity index (χ4n) is 3.56. The molecule has 0 bridgehead atoms. The van der Waals surface area contributed by atoms with Crippen LogP contribution in [0.3, 0.4) is 0 Å². The number of halogens is 1. The summed E-state index contributed by atoms with van der Waals surface area (Å²) in [5.74, 6) is 0. The minimum absolute atomic E-state index is 0.00423. The molecule has 2 heterocycles. The number of fused-ring (bicyclic) bond motifs is 1. The summed E-state index contributed by atoms with van der Waals surface area (Å²) >= 11 is 7.54. The highest BCUT2D eigenvalue weighted by Crippen LogP contribution is 2.30. The third kappa shape index (κ3) is 4.31. The molecule has 146 valence electrons. The zero-order valence-electron chi connectivity index (χ0n) is 15.2. The van der Waals surface area contributed by atoms with Gasteiger partial charge in [0.05, 0.1) is 10.9 Å². The third-order valence-corrected chi connectivity index (χ3v) is 7.73. The second-order valence-corrected chi connectivity index (χ2v) is 10.0. The smallest absolute Gasteiger partial charge is 0.240 e. The maximum atomic E-state index is 12.7. The van der Waals surface area contributed by atoms with E-state index in [4.69, 9.17) is 11.6 Å². The summed E-state index contributed by atoms with van der Waals surface area (Å²) in [7, 11) is -3.59. The lowest BCUT2D eigenvalue weighted by molar-refractivity contribution is 0.183. The molecule has 7 heteroatoms. The Balaban J connectivity index is 1.54. The van der Waals surface area contributed by atoms with Gasteiger partial charge in [0.25, 0.3) is 0 Å². The van der Waals surface area contributed by atoms with Gasteiger partial charge in [-0.15, -0.1) is 11.3 Å². The van der Waals surface area contributed by atoms with Crippen LogP contribution < -0.4 is 4.72 Å². The molecule has 0 radical (unpaired) electrons. The normalized spacial score (nSPS) is 15.9. The molecule has 1 aromatic heterocycles. The molecule has 1 aliphatic rings. The number of nitrogens with one attached hydrogen (secondary N) is 1.